The number of hydrogen-bond acceptors (Lipinski definition) is 2. The number of rotatable bonds is 3. The summed E-state index contributed by atoms with van der Waals surface area (Å²) in [5, 5.41) is 4.88. The van der Waals surface area contributed by atoms with Crippen LogP contribution >= 0.6 is 34.8 Å². The van der Waals surface area contributed by atoms with Crippen LogP contribution in [0.4, 0.5) is 0 Å². The van der Waals surface area contributed by atoms with Crippen molar-refractivity contribution < 1.29 is 4.74 Å². The van der Waals surface area contributed by atoms with Gasteiger partial charge in [0.15, 0.2) is 0 Å². The molecule has 1 heterocycles. The van der Waals surface area contributed by atoms with Crippen LogP contribution in [0.1, 0.15) is 24.9 Å². The number of nitrogens with one attached hydrogen (secondary N) is 1. The van der Waals surface area contributed by atoms with Crippen LogP contribution < -0.4 is 10.1 Å². The summed E-state index contributed by atoms with van der Waals surface area (Å²) in [5.41, 5.74) is 0.882. The lowest BCUT2D eigenvalue weighted by Gasteiger charge is -2.12. The molecule has 0 saturated carbocycles. The maximum atomic E-state index is 6.17. The molecule has 0 bridgehead atoms. The van der Waals surface area contributed by atoms with Crippen LogP contribution in [0.5, 0.6) is 5.75 Å². The highest BCUT2D eigenvalue weighted by Gasteiger charge is 2.29. The summed E-state index contributed by atoms with van der Waals surface area (Å²) in [7, 11) is 0. The molecule has 5 heteroatoms. The van der Waals surface area contributed by atoms with E-state index in [2.05, 4.69) is 12.2 Å². The molecule has 0 radical (unpaired) electrons. The lowest BCUT2D eigenvalue weighted by atomic mass is 10.1. The predicted octanol–water partition coefficient (Wildman–Crippen LogP) is 4.08. The number of benzene rings is 1. The normalized spacial score (nSPS) is 18.4. The summed E-state index contributed by atoms with van der Waals surface area (Å²) in [6, 6.07) is 1.70. The van der Waals surface area contributed by atoms with Crippen molar-refractivity contribution >= 4 is 34.8 Å². The maximum absolute atomic E-state index is 6.17. The molecule has 0 aromatic heterocycles. The average molecular weight is 281 g/mol. The van der Waals surface area contributed by atoms with Crippen molar-refractivity contribution in [2.24, 2.45) is 0 Å². The van der Waals surface area contributed by atoms with Gasteiger partial charge in [-0.3, -0.25) is 0 Å². The molecular weight excluding hydrogens is 268 g/mol. The van der Waals surface area contributed by atoms with Crippen LogP contribution in [-0.4, -0.2) is 13.2 Å². The Balaban J connectivity index is 2.37. The van der Waals surface area contributed by atoms with Crippen LogP contribution in [0, 0.1) is 0 Å². The molecule has 0 saturated heterocycles. The average Bonchev–Trinajstić information content (AvgIpc) is 2.67. The minimum absolute atomic E-state index is 0.0821. The van der Waals surface area contributed by atoms with Gasteiger partial charge in [0, 0.05) is 5.56 Å². The topological polar surface area (TPSA) is 21.3 Å². The summed E-state index contributed by atoms with van der Waals surface area (Å²) in [5.74, 6) is 0.657. The van der Waals surface area contributed by atoms with Crippen LogP contribution in [0.25, 0.3) is 0 Å². The van der Waals surface area contributed by atoms with Gasteiger partial charge in [-0.15, -0.1) is 0 Å². The van der Waals surface area contributed by atoms with Crippen LogP contribution in [0.2, 0.25) is 15.1 Å². The van der Waals surface area contributed by atoms with E-state index in [4.69, 9.17) is 39.5 Å². The van der Waals surface area contributed by atoms with Crippen LogP contribution in [0.3, 0.4) is 0 Å². The van der Waals surface area contributed by atoms with Crippen LogP contribution in [0.15, 0.2) is 6.07 Å². The molecule has 1 N–H and O–H groups in total. The molecule has 0 fully saturated rings. The van der Waals surface area contributed by atoms with Crippen molar-refractivity contribution in [1.29, 1.82) is 0 Å². The molecule has 0 spiro atoms. The van der Waals surface area contributed by atoms with Gasteiger partial charge in [0.05, 0.1) is 21.1 Å². The molecule has 0 aliphatic carbocycles. The first-order chi connectivity index (χ1) is 7.65. The molecule has 1 aliphatic rings. The quantitative estimate of drug-likeness (QED) is 0.842. The Kier molecular flexibility index (Phi) is 3.85. The molecule has 1 aromatic carbocycles. The third-order valence-electron chi connectivity index (χ3n) is 2.54. The summed E-state index contributed by atoms with van der Waals surface area (Å²) < 4.78 is 5.54. The highest BCUT2D eigenvalue weighted by atomic mass is 35.5. The zero-order chi connectivity index (χ0) is 11.7. The maximum Gasteiger partial charge on any atom is 0.144 e. The fourth-order valence-corrected chi connectivity index (χ4v) is 2.59. The zero-order valence-electron chi connectivity index (χ0n) is 8.82. The molecule has 1 atom stereocenters. The predicted molar refractivity (Wildman–Crippen MR) is 68.0 cm³/mol. The second kappa shape index (κ2) is 5.01. The summed E-state index contributed by atoms with van der Waals surface area (Å²) >= 11 is 18.2. The van der Waals surface area contributed by atoms with Crippen molar-refractivity contribution in [3.8, 4) is 5.75 Å². The van der Waals surface area contributed by atoms with E-state index in [0.29, 0.717) is 27.4 Å². The third kappa shape index (κ3) is 2.12. The van der Waals surface area contributed by atoms with Gasteiger partial charge in [-0.1, -0.05) is 41.7 Å². The molecule has 2 rings (SSSR count). The van der Waals surface area contributed by atoms with Gasteiger partial charge in [-0.25, -0.2) is 0 Å². The molecule has 2 nitrogen and oxygen atoms in total. The fourth-order valence-electron chi connectivity index (χ4n) is 1.78. The van der Waals surface area contributed by atoms with Crippen molar-refractivity contribution in [2.45, 2.75) is 19.4 Å². The first-order valence-corrected chi connectivity index (χ1v) is 6.32. The highest BCUT2D eigenvalue weighted by molar-refractivity contribution is 6.44. The first-order valence-electron chi connectivity index (χ1n) is 5.18. The number of fused-ring (bicyclic) bond motifs is 1. The van der Waals surface area contributed by atoms with E-state index in [9.17, 15) is 0 Å². The second-order valence-corrected chi connectivity index (χ2v) is 4.91. The largest absolute Gasteiger partial charge is 0.490 e. The van der Waals surface area contributed by atoms with Gasteiger partial charge in [0.1, 0.15) is 12.4 Å². The monoisotopic (exact) mass is 279 g/mol. The van der Waals surface area contributed by atoms with Crippen molar-refractivity contribution in [2.75, 3.05) is 13.2 Å². The molecule has 0 amide bonds. The number of hydrogen-bond donors (Lipinski definition) is 1. The lowest BCUT2D eigenvalue weighted by molar-refractivity contribution is 0.311. The molecule has 1 aromatic rings. The lowest BCUT2D eigenvalue weighted by Crippen LogP contribution is -2.23. The van der Waals surface area contributed by atoms with E-state index in [0.717, 1.165) is 18.5 Å². The van der Waals surface area contributed by atoms with Gasteiger partial charge in [0.25, 0.3) is 0 Å². The van der Waals surface area contributed by atoms with E-state index >= 15 is 0 Å². The van der Waals surface area contributed by atoms with E-state index in [1.807, 2.05) is 0 Å². The smallest absolute Gasteiger partial charge is 0.144 e. The van der Waals surface area contributed by atoms with Crippen molar-refractivity contribution in [1.82, 2.24) is 5.32 Å². The van der Waals surface area contributed by atoms with Gasteiger partial charge in [-0.05, 0) is 19.0 Å². The van der Waals surface area contributed by atoms with E-state index in [1.54, 1.807) is 6.07 Å². The minimum Gasteiger partial charge on any atom is -0.490 e. The Morgan fingerprint density at radius 3 is 2.81 bits per heavy atom. The molecule has 1 unspecified atom stereocenters. The Bertz CT molecular complexity index is 409. The Labute approximate surface area is 110 Å². The minimum atomic E-state index is 0.0821. The van der Waals surface area contributed by atoms with Crippen molar-refractivity contribution in [3.05, 3.63) is 26.7 Å². The van der Waals surface area contributed by atoms with Gasteiger partial charge in [-0.2, -0.15) is 0 Å². The molecular formula is C11H12Cl3NO. The standard InChI is InChI=1S/C11H12Cl3NO/c1-2-3-15-8-5-16-11-7(13)4-6(12)10(14)9(8)11/h4,8,15H,2-3,5H2,1H3. The summed E-state index contributed by atoms with van der Waals surface area (Å²) in [6.07, 6.45) is 1.05. The molecule has 88 valence electrons. The van der Waals surface area contributed by atoms with Gasteiger partial charge >= 0.3 is 0 Å². The first kappa shape index (κ1) is 12.3. The second-order valence-electron chi connectivity index (χ2n) is 3.71. The van der Waals surface area contributed by atoms with E-state index < -0.39 is 0 Å². The Morgan fingerprint density at radius 1 is 1.38 bits per heavy atom. The highest BCUT2D eigenvalue weighted by Crippen LogP contribution is 2.45. The van der Waals surface area contributed by atoms with E-state index in [1.165, 1.54) is 0 Å². The van der Waals surface area contributed by atoms with Crippen LogP contribution in [-0.2, 0) is 0 Å². The fraction of sp³-hybridized carbons (Fsp3) is 0.455. The SMILES string of the molecule is CCCNC1COc2c(Cl)cc(Cl)c(Cl)c21. The number of halogens is 3. The third-order valence-corrected chi connectivity index (χ3v) is 3.63. The Morgan fingerprint density at radius 2 is 2.12 bits per heavy atom. The summed E-state index contributed by atoms with van der Waals surface area (Å²) in [4.78, 5) is 0. The Hall–Kier alpha value is -0.150. The van der Waals surface area contributed by atoms with Gasteiger partial charge in [0.2, 0.25) is 0 Å². The molecule has 16 heavy (non-hydrogen) atoms. The number of ether oxygens (including phenoxy) is 1. The van der Waals surface area contributed by atoms with E-state index in [-0.39, 0.29) is 6.04 Å². The van der Waals surface area contributed by atoms with Gasteiger partial charge < -0.3 is 10.1 Å². The molecule has 1 aliphatic heterocycles. The summed E-state index contributed by atoms with van der Waals surface area (Å²) in [6.45, 7) is 3.57. The van der Waals surface area contributed by atoms with Crippen molar-refractivity contribution in [3.63, 3.8) is 0 Å². The zero-order valence-corrected chi connectivity index (χ0v) is 11.1.